The summed E-state index contributed by atoms with van der Waals surface area (Å²) in [6.45, 7) is 3.92. The topological polar surface area (TPSA) is 23.9 Å². The van der Waals surface area contributed by atoms with Gasteiger partial charge in [-0.3, -0.25) is 5.41 Å². The second kappa shape index (κ2) is 4.39. The Kier molecular flexibility index (Phi) is 3.97. The molecule has 8 heavy (non-hydrogen) atoms. The second-order valence-electron chi connectivity index (χ2n) is 1.49. The van der Waals surface area contributed by atoms with E-state index in [1.54, 1.807) is 0 Å². The van der Waals surface area contributed by atoms with Gasteiger partial charge in [0.15, 0.2) is 0 Å². The van der Waals surface area contributed by atoms with E-state index < -0.39 is 0 Å². The largest absolute Gasteiger partial charge is 0.296 e. The average Bonchev–Trinajstić information content (AvgIpc) is 1.83. The van der Waals surface area contributed by atoms with Gasteiger partial charge in [-0.05, 0) is 6.42 Å². The Labute approximate surface area is 50.6 Å². The fourth-order valence-electron chi connectivity index (χ4n) is 0.283. The molecule has 1 heteroatoms. The van der Waals surface area contributed by atoms with Crippen LogP contribution in [-0.4, -0.2) is 5.71 Å². The van der Waals surface area contributed by atoms with E-state index in [0.29, 0.717) is 5.71 Å². The SMILES string of the molecule is CCC#CC(=N)CC. The van der Waals surface area contributed by atoms with Gasteiger partial charge >= 0.3 is 0 Å². The van der Waals surface area contributed by atoms with E-state index in [4.69, 9.17) is 5.41 Å². The first kappa shape index (κ1) is 7.23. The molecule has 0 unspecified atom stereocenters. The number of rotatable bonds is 1. The van der Waals surface area contributed by atoms with Crippen molar-refractivity contribution in [1.82, 2.24) is 0 Å². The number of nitrogens with one attached hydrogen (secondary N) is 1. The highest BCUT2D eigenvalue weighted by Gasteiger charge is 1.79. The third-order valence-corrected chi connectivity index (χ3v) is 0.770. The Bertz CT molecular complexity index is 125. The van der Waals surface area contributed by atoms with Gasteiger partial charge in [0.2, 0.25) is 0 Å². The summed E-state index contributed by atoms with van der Waals surface area (Å²) in [5.41, 5.74) is 0.534. The number of hydrogen-bond donors (Lipinski definition) is 1. The van der Waals surface area contributed by atoms with Gasteiger partial charge in [0.1, 0.15) is 0 Å². The maximum absolute atomic E-state index is 7.07. The molecule has 0 heterocycles. The normalized spacial score (nSPS) is 7.25. The van der Waals surface area contributed by atoms with Crippen LogP contribution in [0.2, 0.25) is 0 Å². The van der Waals surface area contributed by atoms with E-state index in [0.717, 1.165) is 12.8 Å². The minimum Gasteiger partial charge on any atom is -0.296 e. The molecule has 0 saturated heterocycles. The van der Waals surface area contributed by atoms with Crippen molar-refractivity contribution >= 4 is 5.71 Å². The van der Waals surface area contributed by atoms with Crippen molar-refractivity contribution in [2.75, 3.05) is 0 Å². The third-order valence-electron chi connectivity index (χ3n) is 0.770. The van der Waals surface area contributed by atoms with Crippen LogP contribution >= 0.6 is 0 Å². The van der Waals surface area contributed by atoms with Crippen LogP contribution in [0.4, 0.5) is 0 Å². The van der Waals surface area contributed by atoms with Crippen LogP contribution in [0, 0.1) is 17.3 Å². The minimum absolute atomic E-state index is 0.534. The predicted octanol–water partition coefficient (Wildman–Crippen LogP) is 1.83. The Morgan fingerprint density at radius 2 is 2.12 bits per heavy atom. The molecular weight excluding hydrogens is 98.1 g/mol. The summed E-state index contributed by atoms with van der Waals surface area (Å²) >= 11 is 0. The Balaban J connectivity index is 3.52. The molecule has 44 valence electrons. The molecule has 1 nitrogen and oxygen atoms in total. The first-order valence-electron chi connectivity index (χ1n) is 2.87. The molecule has 0 radical (unpaired) electrons. The predicted molar refractivity (Wildman–Crippen MR) is 36.1 cm³/mol. The molecule has 0 aliphatic carbocycles. The molecule has 1 N–H and O–H groups in total. The van der Waals surface area contributed by atoms with Crippen molar-refractivity contribution in [3.63, 3.8) is 0 Å². The number of hydrogen-bond acceptors (Lipinski definition) is 1. The fraction of sp³-hybridized carbons (Fsp3) is 0.571. The molecule has 0 rings (SSSR count). The minimum atomic E-state index is 0.534. The van der Waals surface area contributed by atoms with E-state index in [9.17, 15) is 0 Å². The summed E-state index contributed by atoms with van der Waals surface area (Å²) in [5, 5.41) is 7.07. The van der Waals surface area contributed by atoms with Gasteiger partial charge in [-0.25, -0.2) is 0 Å². The quantitative estimate of drug-likeness (QED) is 0.392. The third kappa shape index (κ3) is 3.42. The Hall–Kier alpha value is -0.770. The zero-order chi connectivity index (χ0) is 6.41. The molecule has 0 bridgehead atoms. The summed E-state index contributed by atoms with van der Waals surface area (Å²) < 4.78 is 0. The lowest BCUT2D eigenvalue weighted by atomic mass is 10.3. The maximum Gasteiger partial charge on any atom is 0.0806 e. The molecule has 0 spiro atoms. The van der Waals surface area contributed by atoms with E-state index in [1.165, 1.54) is 0 Å². The second-order valence-corrected chi connectivity index (χ2v) is 1.49. The fourth-order valence-corrected chi connectivity index (χ4v) is 0.283. The highest BCUT2D eigenvalue weighted by atomic mass is 14.4. The standard InChI is InChI=1S/C7H11N/c1-3-5-6-7(8)4-2/h8H,3-4H2,1-2H3. The van der Waals surface area contributed by atoms with Crippen molar-refractivity contribution in [2.24, 2.45) is 0 Å². The van der Waals surface area contributed by atoms with Crippen molar-refractivity contribution in [3.8, 4) is 11.8 Å². The van der Waals surface area contributed by atoms with Crippen LogP contribution < -0.4 is 0 Å². The summed E-state index contributed by atoms with van der Waals surface area (Å²) in [6.07, 6.45) is 1.61. The lowest BCUT2D eigenvalue weighted by Crippen LogP contribution is -1.85. The van der Waals surface area contributed by atoms with Crippen LogP contribution in [0.5, 0.6) is 0 Å². The molecule has 0 aliphatic rings. The van der Waals surface area contributed by atoms with Crippen LogP contribution in [0.1, 0.15) is 26.7 Å². The first-order chi connectivity index (χ1) is 3.81. The van der Waals surface area contributed by atoms with Crippen molar-refractivity contribution in [3.05, 3.63) is 0 Å². The lowest BCUT2D eigenvalue weighted by molar-refractivity contribution is 1.25. The molecule has 0 aromatic carbocycles. The lowest BCUT2D eigenvalue weighted by Gasteiger charge is -1.80. The summed E-state index contributed by atoms with van der Waals surface area (Å²) in [6, 6.07) is 0. The summed E-state index contributed by atoms with van der Waals surface area (Å²) in [7, 11) is 0. The molecule has 0 aromatic heterocycles. The van der Waals surface area contributed by atoms with Gasteiger partial charge in [0.25, 0.3) is 0 Å². The zero-order valence-electron chi connectivity index (χ0n) is 5.41. The van der Waals surface area contributed by atoms with Crippen molar-refractivity contribution in [2.45, 2.75) is 26.7 Å². The molecular formula is C7H11N. The smallest absolute Gasteiger partial charge is 0.0806 e. The van der Waals surface area contributed by atoms with E-state index in [-0.39, 0.29) is 0 Å². The molecule has 0 aromatic rings. The molecule has 0 fully saturated rings. The van der Waals surface area contributed by atoms with Gasteiger partial charge in [-0.2, -0.15) is 0 Å². The Morgan fingerprint density at radius 1 is 1.50 bits per heavy atom. The molecule has 0 atom stereocenters. The monoisotopic (exact) mass is 109 g/mol. The van der Waals surface area contributed by atoms with Crippen molar-refractivity contribution < 1.29 is 0 Å². The zero-order valence-corrected chi connectivity index (χ0v) is 5.41. The van der Waals surface area contributed by atoms with Crippen LogP contribution in [0.3, 0.4) is 0 Å². The highest BCUT2D eigenvalue weighted by molar-refractivity contribution is 5.97. The van der Waals surface area contributed by atoms with E-state index >= 15 is 0 Å². The van der Waals surface area contributed by atoms with Crippen molar-refractivity contribution in [1.29, 1.82) is 5.41 Å². The van der Waals surface area contributed by atoms with Gasteiger partial charge in [-0.15, -0.1) is 0 Å². The van der Waals surface area contributed by atoms with Crippen LogP contribution in [0.15, 0.2) is 0 Å². The van der Waals surface area contributed by atoms with Crippen LogP contribution in [-0.2, 0) is 0 Å². The van der Waals surface area contributed by atoms with Gasteiger partial charge < -0.3 is 0 Å². The summed E-state index contributed by atoms with van der Waals surface area (Å²) in [5.74, 6) is 5.54. The van der Waals surface area contributed by atoms with Crippen LogP contribution in [0.25, 0.3) is 0 Å². The van der Waals surface area contributed by atoms with Gasteiger partial charge in [-0.1, -0.05) is 25.7 Å². The molecule has 0 saturated carbocycles. The first-order valence-corrected chi connectivity index (χ1v) is 2.87. The maximum atomic E-state index is 7.07. The van der Waals surface area contributed by atoms with Gasteiger partial charge in [0.05, 0.1) is 5.71 Å². The highest BCUT2D eigenvalue weighted by Crippen LogP contribution is 1.77. The summed E-state index contributed by atoms with van der Waals surface area (Å²) in [4.78, 5) is 0. The molecule has 0 aliphatic heterocycles. The molecule has 0 amide bonds. The van der Waals surface area contributed by atoms with Gasteiger partial charge in [0, 0.05) is 6.42 Å². The van der Waals surface area contributed by atoms with E-state index in [2.05, 4.69) is 11.8 Å². The van der Waals surface area contributed by atoms with E-state index in [1.807, 2.05) is 13.8 Å². The Morgan fingerprint density at radius 3 is 2.50 bits per heavy atom. The average molecular weight is 109 g/mol.